The van der Waals surface area contributed by atoms with Gasteiger partial charge in [-0.1, -0.05) is 13.0 Å². The van der Waals surface area contributed by atoms with E-state index in [1.54, 1.807) is 6.92 Å². The van der Waals surface area contributed by atoms with E-state index in [1.165, 1.54) is 0 Å². The average molecular weight is 286 g/mol. The molecule has 1 N–H and O–H groups in total. The van der Waals surface area contributed by atoms with E-state index in [0.29, 0.717) is 18.1 Å². The van der Waals surface area contributed by atoms with E-state index in [9.17, 15) is 22.4 Å². The first-order valence-corrected chi connectivity index (χ1v) is 5.78. The van der Waals surface area contributed by atoms with Gasteiger partial charge in [-0.2, -0.15) is 13.2 Å². The van der Waals surface area contributed by atoms with Gasteiger partial charge in [0.15, 0.2) is 0 Å². The third-order valence-corrected chi connectivity index (χ3v) is 2.85. The number of halogens is 4. The second kappa shape index (κ2) is 5.07. The number of aromatic amines is 1. The van der Waals surface area contributed by atoms with Crippen molar-refractivity contribution in [3.63, 3.8) is 0 Å². The van der Waals surface area contributed by atoms with Crippen molar-refractivity contribution in [2.75, 3.05) is 0 Å². The first-order chi connectivity index (χ1) is 9.34. The summed E-state index contributed by atoms with van der Waals surface area (Å²) in [5.41, 5.74) is -1.11. The normalized spacial score (nSPS) is 11.7. The molecule has 0 fully saturated rings. The highest BCUT2D eigenvalue weighted by Gasteiger charge is 2.34. The van der Waals surface area contributed by atoms with Crippen molar-refractivity contribution in [3.8, 4) is 11.3 Å². The van der Waals surface area contributed by atoms with Gasteiger partial charge in [0.25, 0.3) is 5.56 Å². The maximum Gasteiger partial charge on any atom is 0.419 e. The quantitative estimate of drug-likeness (QED) is 0.862. The monoisotopic (exact) mass is 286 g/mol. The number of hydrogen-bond donors (Lipinski definition) is 1. The minimum absolute atomic E-state index is 0.137. The van der Waals surface area contributed by atoms with Gasteiger partial charge in [-0.15, -0.1) is 0 Å². The number of benzene rings is 1. The van der Waals surface area contributed by atoms with Crippen LogP contribution in [0.5, 0.6) is 0 Å². The van der Waals surface area contributed by atoms with Crippen LogP contribution in [-0.2, 0) is 12.6 Å². The molecule has 0 saturated carbocycles. The van der Waals surface area contributed by atoms with Crippen LogP contribution in [0.2, 0.25) is 0 Å². The Labute approximate surface area is 111 Å². The van der Waals surface area contributed by atoms with Crippen LogP contribution < -0.4 is 5.56 Å². The van der Waals surface area contributed by atoms with Crippen LogP contribution in [0.25, 0.3) is 11.3 Å². The molecule has 0 aliphatic rings. The Morgan fingerprint density at radius 2 is 2.00 bits per heavy atom. The van der Waals surface area contributed by atoms with Crippen LogP contribution in [0.4, 0.5) is 17.6 Å². The summed E-state index contributed by atoms with van der Waals surface area (Å²) in [6.07, 6.45) is -3.29. The lowest BCUT2D eigenvalue weighted by molar-refractivity contribution is -0.139. The van der Waals surface area contributed by atoms with Crippen LogP contribution in [0.3, 0.4) is 0 Å². The molecule has 2 aromatic rings. The van der Waals surface area contributed by atoms with Gasteiger partial charge in [0.05, 0.1) is 17.6 Å². The van der Waals surface area contributed by atoms with Crippen molar-refractivity contribution in [1.82, 2.24) is 9.97 Å². The second-order valence-corrected chi connectivity index (χ2v) is 4.10. The number of H-pyrrole nitrogens is 1. The maximum absolute atomic E-state index is 13.5. The lowest BCUT2D eigenvalue weighted by atomic mass is 10.0. The Kier molecular flexibility index (Phi) is 3.61. The summed E-state index contributed by atoms with van der Waals surface area (Å²) < 4.78 is 51.0. The molecule has 106 valence electrons. The summed E-state index contributed by atoms with van der Waals surface area (Å²) in [4.78, 5) is 17.9. The zero-order valence-electron chi connectivity index (χ0n) is 10.4. The SMILES string of the molecule is CCc1c(-c2ccc(C(F)(F)F)c(F)c2)nc[nH]c1=O. The van der Waals surface area contributed by atoms with Crippen LogP contribution in [0, 0.1) is 5.82 Å². The van der Waals surface area contributed by atoms with Gasteiger partial charge in [-0.25, -0.2) is 9.37 Å². The predicted molar refractivity (Wildman–Crippen MR) is 64.6 cm³/mol. The van der Waals surface area contributed by atoms with Crippen LogP contribution in [0.1, 0.15) is 18.1 Å². The number of nitrogens with zero attached hydrogens (tertiary/aromatic N) is 1. The Bertz CT molecular complexity index is 692. The minimum atomic E-state index is -4.75. The molecule has 1 aromatic carbocycles. The maximum atomic E-state index is 13.5. The van der Waals surface area contributed by atoms with E-state index < -0.39 is 23.1 Å². The van der Waals surface area contributed by atoms with Gasteiger partial charge in [0.1, 0.15) is 5.82 Å². The number of aromatic nitrogens is 2. The molecular weight excluding hydrogens is 276 g/mol. The molecule has 0 atom stereocenters. The highest BCUT2D eigenvalue weighted by molar-refractivity contribution is 5.63. The van der Waals surface area contributed by atoms with Crippen molar-refractivity contribution in [2.24, 2.45) is 0 Å². The largest absolute Gasteiger partial charge is 0.419 e. The van der Waals surface area contributed by atoms with E-state index in [4.69, 9.17) is 0 Å². The summed E-state index contributed by atoms with van der Waals surface area (Å²) >= 11 is 0. The molecule has 1 heterocycles. The Morgan fingerprint density at radius 3 is 2.55 bits per heavy atom. The lowest BCUT2D eigenvalue weighted by Crippen LogP contribution is -2.14. The second-order valence-electron chi connectivity index (χ2n) is 4.10. The van der Waals surface area contributed by atoms with Crippen molar-refractivity contribution in [1.29, 1.82) is 0 Å². The van der Waals surface area contributed by atoms with Gasteiger partial charge in [-0.05, 0) is 18.6 Å². The zero-order chi connectivity index (χ0) is 14.9. The number of hydrogen-bond acceptors (Lipinski definition) is 2. The Morgan fingerprint density at radius 1 is 1.30 bits per heavy atom. The van der Waals surface area contributed by atoms with Gasteiger partial charge < -0.3 is 4.98 Å². The molecule has 0 spiro atoms. The summed E-state index contributed by atoms with van der Waals surface area (Å²) in [7, 11) is 0. The third-order valence-electron chi connectivity index (χ3n) is 2.85. The number of alkyl halides is 3. The van der Waals surface area contributed by atoms with Crippen molar-refractivity contribution in [3.05, 3.63) is 51.8 Å². The molecule has 0 saturated heterocycles. The molecule has 20 heavy (non-hydrogen) atoms. The molecule has 1 aromatic heterocycles. The van der Waals surface area contributed by atoms with Crippen LogP contribution in [-0.4, -0.2) is 9.97 Å². The molecule has 0 bridgehead atoms. The van der Waals surface area contributed by atoms with E-state index in [2.05, 4.69) is 9.97 Å². The lowest BCUT2D eigenvalue weighted by Gasteiger charge is -2.10. The predicted octanol–water partition coefficient (Wildman–Crippen LogP) is 3.16. The van der Waals surface area contributed by atoms with Gasteiger partial charge in [0, 0.05) is 11.1 Å². The molecule has 3 nitrogen and oxygen atoms in total. The molecule has 0 aliphatic carbocycles. The molecule has 0 amide bonds. The first kappa shape index (κ1) is 14.2. The molecule has 0 radical (unpaired) electrons. The fourth-order valence-electron chi connectivity index (χ4n) is 1.90. The summed E-state index contributed by atoms with van der Waals surface area (Å²) in [5.74, 6) is -1.39. The smallest absolute Gasteiger partial charge is 0.313 e. The molecule has 0 unspecified atom stereocenters. The average Bonchev–Trinajstić information content (AvgIpc) is 2.36. The zero-order valence-corrected chi connectivity index (χ0v) is 10.4. The van der Waals surface area contributed by atoms with E-state index >= 15 is 0 Å². The fourth-order valence-corrected chi connectivity index (χ4v) is 1.90. The van der Waals surface area contributed by atoms with E-state index in [0.717, 1.165) is 18.5 Å². The van der Waals surface area contributed by atoms with Crippen LogP contribution in [0.15, 0.2) is 29.3 Å². The standard InChI is InChI=1S/C13H10F4N2O/c1-2-8-11(18-6-19-12(8)20)7-3-4-9(10(14)5-7)13(15,16)17/h3-6H,2H2,1H3,(H,18,19,20). The van der Waals surface area contributed by atoms with E-state index in [-0.39, 0.29) is 11.3 Å². The number of rotatable bonds is 2. The van der Waals surface area contributed by atoms with Crippen molar-refractivity contribution < 1.29 is 17.6 Å². The molecule has 7 heteroatoms. The Balaban J connectivity index is 2.59. The fraction of sp³-hybridized carbons (Fsp3) is 0.231. The highest BCUT2D eigenvalue weighted by atomic mass is 19.4. The molecule has 0 aliphatic heterocycles. The highest BCUT2D eigenvalue weighted by Crippen LogP contribution is 2.33. The van der Waals surface area contributed by atoms with Gasteiger partial charge >= 0.3 is 6.18 Å². The van der Waals surface area contributed by atoms with Crippen molar-refractivity contribution >= 4 is 0 Å². The molecular formula is C13H10F4N2O. The van der Waals surface area contributed by atoms with Crippen LogP contribution >= 0.6 is 0 Å². The first-order valence-electron chi connectivity index (χ1n) is 5.78. The number of nitrogens with one attached hydrogen (secondary N) is 1. The summed E-state index contributed by atoms with van der Waals surface area (Å²) in [5, 5.41) is 0. The Hall–Kier alpha value is -2.18. The van der Waals surface area contributed by atoms with Crippen molar-refractivity contribution in [2.45, 2.75) is 19.5 Å². The summed E-state index contributed by atoms with van der Waals surface area (Å²) in [6, 6.07) is 2.49. The minimum Gasteiger partial charge on any atom is -0.313 e. The van der Waals surface area contributed by atoms with Gasteiger partial charge in [0.2, 0.25) is 0 Å². The molecule has 2 rings (SSSR count). The topological polar surface area (TPSA) is 45.8 Å². The van der Waals surface area contributed by atoms with E-state index in [1.807, 2.05) is 0 Å². The summed E-state index contributed by atoms with van der Waals surface area (Å²) in [6.45, 7) is 1.70. The third kappa shape index (κ3) is 2.56. The van der Waals surface area contributed by atoms with Gasteiger partial charge in [-0.3, -0.25) is 4.79 Å².